The zero-order valence-electron chi connectivity index (χ0n) is 11.5. The van der Waals surface area contributed by atoms with Crippen molar-refractivity contribution >= 4 is 5.97 Å². The fourth-order valence-corrected chi connectivity index (χ4v) is 1.96. The summed E-state index contributed by atoms with van der Waals surface area (Å²) in [7, 11) is 0. The second kappa shape index (κ2) is 4.87. The number of aromatic carboxylic acids is 1. The molecular formula is C13H12F3N3O2. The van der Waals surface area contributed by atoms with Gasteiger partial charge in [-0.2, -0.15) is 0 Å². The largest absolute Gasteiger partial charge is 0.476 e. The Morgan fingerprint density at radius 3 is 2.38 bits per heavy atom. The van der Waals surface area contributed by atoms with Gasteiger partial charge in [0.25, 0.3) is 0 Å². The standard InChI is InChI=1S/C13H12F3N3O2/c1-13(2,3)11-10(12(20)21)17-18-19(11)8-5-6(14)4-7(15)9(8)16/h4-5H,1-3H3,(H,20,21). The van der Waals surface area contributed by atoms with Gasteiger partial charge in [0.15, 0.2) is 17.3 Å². The monoisotopic (exact) mass is 299 g/mol. The van der Waals surface area contributed by atoms with Gasteiger partial charge in [0, 0.05) is 17.5 Å². The first-order valence-corrected chi connectivity index (χ1v) is 5.97. The zero-order valence-corrected chi connectivity index (χ0v) is 11.5. The molecule has 2 aromatic rings. The summed E-state index contributed by atoms with van der Waals surface area (Å²) in [5.74, 6) is -5.08. The average Bonchev–Trinajstić information content (AvgIpc) is 2.78. The Hall–Kier alpha value is -2.38. The van der Waals surface area contributed by atoms with E-state index in [0.29, 0.717) is 6.07 Å². The number of nitrogens with zero attached hydrogens (tertiary/aromatic N) is 3. The van der Waals surface area contributed by atoms with E-state index in [2.05, 4.69) is 10.3 Å². The molecule has 0 fully saturated rings. The van der Waals surface area contributed by atoms with Gasteiger partial charge in [-0.3, -0.25) is 0 Å². The van der Waals surface area contributed by atoms with E-state index in [-0.39, 0.29) is 5.69 Å². The molecule has 8 heteroatoms. The van der Waals surface area contributed by atoms with Crippen LogP contribution in [0.1, 0.15) is 37.0 Å². The highest BCUT2D eigenvalue weighted by Crippen LogP contribution is 2.29. The fourth-order valence-electron chi connectivity index (χ4n) is 1.96. The van der Waals surface area contributed by atoms with Crippen LogP contribution in [0, 0.1) is 17.5 Å². The molecule has 0 aliphatic rings. The number of carboxylic acids is 1. The fraction of sp³-hybridized carbons (Fsp3) is 0.308. The predicted octanol–water partition coefficient (Wildman–Crippen LogP) is 2.68. The molecule has 0 aliphatic carbocycles. The third-order valence-corrected chi connectivity index (χ3v) is 2.79. The maximum absolute atomic E-state index is 13.9. The van der Waals surface area contributed by atoms with Crippen LogP contribution in [-0.2, 0) is 5.41 Å². The van der Waals surface area contributed by atoms with E-state index in [1.165, 1.54) is 0 Å². The minimum atomic E-state index is -1.39. The Bertz CT molecular complexity index is 720. The van der Waals surface area contributed by atoms with Crippen LogP contribution in [0.4, 0.5) is 13.2 Å². The van der Waals surface area contributed by atoms with Gasteiger partial charge in [0.1, 0.15) is 11.5 Å². The summed E-state index contributed by atoms with van der Waals surface area (Å²) in [5.41, 5.74) is -1.67. The maximum atomic E-state index is 13.9. The van der Waals surface area contributed by atoms with Crippen LogP contribution in [0.3, 0.4) is 0 Å². The van der Waals surface area contributed by atoms with Crippen molar-refractivity contribution in [1.82, 2.24) is 15.0 Å². The van der Waals surface area contributed by atoms with Gasteiger partial charge < -0.3 is 5.11 Å². The summed E-state index contributed by atoms with van der Waals surface area (Å²) in [4.78, 5) is 11.2. The first-order valence-electron chi connectivity index (χ1n) is 5.97. The van der Waals surface area contributed by atoms with E-state index in [4.69, 9.17) is 5.11 Å². The Morgan fingerprint density at radius 1 is 1.24 bits per heavy atom. The van der Waals surface area contributed by atoms with Gasteiger partial charge >= 0.3 is 5.97 Å². The number of benzene rings is 1. The van der Waals surface area contributed by atoms with Crippen LogP contribution < -0.4 is 0 Å². The van der Waals surface area contributed by atoms with Crippen molar-refractivity contribution in [3.8, 4) is 5.69 Å². The molecule has 1 aromatic heterocycles. The van der Waals surface area contributed by atoms with Crippen LogP contribution >= 0.6 is 0 Å². The van der Waals surface area contributed by atoms with Crippen molar-refractivity contribution in [2.24, 2.45) is 0 Å². The van der Waals surface area contributed by atoms with Gasteiger partial charge in [0.2, 0.25) is 0 Å². The molecule has 1 N–H and O–H groups in total. The van der Waals surface area contributed by atoms with Crippen molar-refractivity contribution in [2.75, 3.05) is 0 Å². The summed E-state index contributed by atoms with van der Waals surface area (Å²) in [5, 5.41) is 16.1. The minimum Gasteiger partial charge on any atom is -0.476 e. The molecular weight excluding hydrogens is 287 g/mol. The van der Waals surface area contributed by atoms with Crippen molar-refractivity contribution in [1.29, 1.82) is 0 Å². The van der Waals surface area contributed by atoms with Crippen molar-refractivity contribution in [3.63, 3.8) is 0 Å². The summed E-state index contributed by atoms with van der Waals surface area (Å²) in [6, 6.07) is 1.12. The number of hydrogen-bond acceptors (Lipinski definition) is 3. The molecule has 0 unspecified atom stereocenters. The first-order chi connectivity index (χ1) is 9.62. The molecule has 0 saturated carbocycles. The van der Waals surface area contributed by atoms with Gasteiger partial charge in [-0.15, -0.1) is 5.10 Å². The van der Waals surface area contributed by atoms with Crippen LogP contribution in [-0.4, -0.2) is 26.1 Å². The smallest absolute Gasteiger partial charge is 0.358 e. The Morgan fingerprint density at radius 2 is 1.86 bits per heavy atom. The van der Waals surface area contributed by atoms with Crippen LogP contribution in [0.2, 0.25) is 0 Å². The number of hydrogen-bond donors (Lipinski definition) is 1. The zero-order chi connectivity index (χ0) is 15.9. The molecule has 5 nitrogen and oxygen atoms in total. The summed E-state index contributed by atoms with van der Waals surface area (Å²) >= 11 is 0. The molecule has 0 spiro atoms. The quantitative estimate of drug-likeness (QED) is 0.866. The number of aromatic nitrogens is 3. The highest BCUT2D eigenvalue weighted by Gasteiger charge is 2.31. The second-order valence-electron chi connectivity index (χ2n) is 5.47. The molecule has 112 valence electrons. The molecule has 0 aliphatic heterocycles. The van der Waals surface area contributed by atoms with Crippen molar-refractivity contribution in [3.05, 3.63) is 41.0 Å². The average molecular weight is 299 g/mol. The van der Waals surface area contributed by atoms with Crippen molar-refractivity contribution < 1.29 is 23.1 Å². The van der Waals surface area contributed by atoms with Gasteiger partial charge in [0.05, 0.1) is 5.69 Å². The molecule has 0 radical (unpaired) electrons. The number of rotatable bonds is 2. The lowest BCUT2D eigenvalue weighted by Gasteiger charge is -2.20. The topological polar surface area (TPSA) is 68.0 Å². The number of carbonyl (C=O) groups is 1. The second-order valence-corrected chi connectivity index (χ2v) is 5.47. The lowest BCUT2D eigenvalue weighted by molar-refractivity contribution is 0.0687. The van der Waals surface area contributed by atoms with E-state index in [9.17, 15) is 18.0 Å². The number of halogens is 3. The SMILES string of the molecule is CC(C)(C)c1c(C(=O)O)nnn1-c1cc(F)cc(F)c1F. The molecule has 21 heavy (non-hydrogen) atoms. The Kier molecular flexibility index (Phi) is 3.48. The minimum absolute atomic E-state index is 0.0406. The summed E-state index contributed by atoms with van der Waals surface area (Å²) in [6.07, 6.45) is 0. The molecule has 0 atom stereocenters. The van der Waals surface area contributed by atoms with Gasteiger partial charge in [-0.05, 0) is 0 Å². The molecule has 1 aromatic carbocycles. The van der Waals surface area contributed by atoms with Gasteiger partial charge in [-0.1, -0.05) is 26.0 Å². The molecule has 0 amide bonds. The molecule has 0 bridgehead atoms. The van der Waals surface area contributed by atoms with Crippen LogP contribution in [0.15, 0.2) is 12.1 Å². The molecule has 0 saturated heterocycles. The summed E-state index contributed by atoms with van der Waals surface area (Å²) in [6.45, 7) is 4.96. The normalized spacial score (nSPS) is 11.7. The van der Waals surface area contributed by atoms with E-state index < -0.39 is 40.2 Å². The van der Waals surface area contributed by atoms with E-state index in [1.54, 1.807) is 20.8 Å². The van der Waals surface area contributed by atoms with Crippen LogP contribution in [0.25, 0.3) is 5.69 Å². The predicted molar refractivity (Wildman–Crippen MR) is 66.9 cm³/mol. The third kappa shape index (κ3) is 2.61. The highest BCUT2D eigenvalue weighted by atomic mass is 19.2. The maximum Gasteiger partial charge on any atom is 0.358 e. The highest BCUT2D eigenvalue weighted by molar-refractivity contribution is 5.87. The Labute approximate surface area is 118 Å². The lowest BCUT2D eigenvalue weighted by Crippen LogP contribution is -2.22. The van der Waals surface area contributed by atoms with E-state index in [0.717, 1.165) is 10.7 Å². The number of carboxylic acid groups (broad SMARTS) is 1. The molecule has 2 rings (SSSR count). The summed E-state index contributed by atoms with van der Waals surface area (Å²) < 4.78 is 41.3. The Balaban J connectivity index is 2.80. The lowest BCUT2D eigenvalue weighted by atomic mass is 9.90. The third-order valence-electron chi connectivity index (χ3n) is 2.79. The first kappa shape index (κ1) is 15.0. The van der Waals surface area contributed by atoms with Crippen molar-refractivity contribution in [2.45, 2.75) is 26.2 Å². The van der Waals surface area contributed by atoms with Gasteiger partial charge in [-0.25, -0.2) is 22.6 Å². The van der Waals surface area contributed by atoms with E-state index >= 15 is 0 Å². The van der Waals surface area contributed by atoms with E-state index in [1.807, 2.05) is 0 Å². The molecule has 1 heterocycles. The van der Waals surface area contributed by atoms with Crippen LogP contribution in [0.5, 0.6) is 0 Å².